The maximum Gasteiger partial charge on any atom is 0.101 e. The molecular weight excluding hydrogens is 270 g/mol. The van der Waals surface area contributed by atoms with Crippen LogP contribution in [-0.4, -0.2) is 5.11 Å². The first-order valence-electron chi connectivity index (χ1n) is 7.24. The number of aliphatic hydroxyl groups excluding tert-OH is 1. The average molecular weight is 292 g/mol. The minimum Gasteiger partial charge on any atom is -0.388 e. The molecule has 0 saturated heterocycles. The number of nitriles is 1. The lowest BCUT2D eigenvalue weighted by molar-refractivity contribution is -0.0292. The molecule has 3 heteroatoms. The third-order valence-corrected chi connectivity index (χ3v) is 5.10. The van der Waals surface area contributed by atoms with Crippen LogP contribution in [0.3, 0.4) is 0 Å². The second-order valence-electron chi connectivity index (χ2n) is 6.68. The highest BCUT2D eigenvalue weighted by atomic mass is 35.5. The SMILES string of the molecule is C[C@H]1CCCC(C)(C)[C@H]1C(O)c1ccc(C#N)c(Cl)c1. The highest BCUT2D eigenvalue weighted by molar-refractivity contribution is 6.31. The first-order valence-corrected chi connectivity index (χ1v) is 7.62. The lowest BCUT2D eigenvalue weighted by Gasteiger charge is -2.45. The predicted octanol–water partition coefficient (Wildman–Crippen LogP) is 4.71. The van der Waals surface area contributed by atoms with Gasteiger partial charge in [-0.1, -0.05) is 51.3 Å². The Kier molecular flexibility index (Phi) is 4.42. The Morgan fingerprint density at radius 1 is 1.45 bits per heavy atom. The van der Waals surface area contributed by atoms with Gasteiger partial charge in [-0.05, 0) is 41.4 Å². The summed E-state index contributed by atoms with van der Waals surface area (Å²) in [6.07, 6.45) is 3.01. The van der Waals surface area contributed by atoms with Gasteiger partial charge in [0.25, 0.3) is 0 Å². The van der Waals surface area contributed by atoms with Gasteiger partial charge in [-0.25, -0.2) is 0 Å². The number of hydrogen-bond donors (Lipinski definition) is 1. The average Bonchev–Trinajstić information content (AvgIpc) is 2.37. The first kappa shape index (κ1) is 15.4. The molecule has 1 aromatic rings. The van der Waals surface area contributed by atoms with E-state index in [0.29, 0.717) is 16.5 Å². The molecule has 0 spiro atoms. The van der Waals surface area contributed by atoms with Crippen LogP contribution in [0.25, 0.3) is 0 Å². The molecule has 2 nitrogen and oxygen atoms in total. The van der Waals surface area contributed by atoms with Crippen molar-refractivity contribution in [3.05, 3.63) is 34.3 Å². The number of benzene rings is 1. The molecule has 1 aliphatic rings. The van der Waals surface area contributed by atoms with Gasteiger partial charge in [-0.3, -0.25) is 0 Å². The predicted molar refractivity (Wildman–Crippen MR) is 81.4 cm³/mol. The number of hydrogen-bond acceptors (Lipinski definition) is 2. The topological polar surface area (TPSA) is 44.0 Å². The Bertz CT molecular complexity index is 532. The fourth-order valence-electron chi connectivity index (χ4n) is 3.75. The van der Waals surface area contributed by atoms with Crippen LogP contribution in [0, 0.1) is 28.6 Å². The molecule has 1 unspecified atom stereocenters. The van der Waals surface area contributed by atoms with E-state index in [4.69, 9.17) is 16.9 Å². The summed E-state index contributed by atoms with van der Waals surface area (Å²) in [6.45, 7) is 6.70. The van der Waals surface area contributed by atoms with Crippen LogP contribution in [0.1, 0.15) is 57.3 Å². The molecule has 0 aromatic heterocycles. The van der Waals surface area contributed by atoms with E-state index in [9.17, 15) is 5.11 Å². The van der Waals surface area contributed by atoms with Crippen molar-refractivity contribution >= 4 is 11.6 Å². The summed E-state index contributed by atoms with van der Waals surface area (Å²) in [5.41, 5.74) is 1.40. The van der Waals surface area contributed by atoms with Crippen LogP contribution in [-0.2, 0) is 0 Å². The Morgan fingerprint density at radius 2 is 2.15 bits per heavy atom. The third-order valence-electron chi connectivity index (χ3n) is 4.79. The van der Waals surface area contributed by atoms with E-state index in [1.165, 1.54) is 6.42 Å². The fourth-order valence-corrected chi connectivity index (χ4v) is 3.98. The highest BCUT2D eigenvalue weighted by Gasteiger charge is 2.41. The maximum atomic E-state index is 10.8. The van der Waals surface area contributed by atoms with E-state index in [-0.39, 0.29) is 11.3 Å². The van der Waals surface area contributed by atoms with Gasteiger partial charge in [-0.2, -0.15) is 5.26 Å². The van der Waals surface area contributed by atoms with E-state index in [1.807, 2.05) is 6.07 Å². The lowest BCUT2D eigenvalue weighted by Crippen LogP contribution is -2.37. The second kappa shape index (κ2) is 5.76. The molecule has 0 amide bonds. The zero-order valence-electron chi connectivity index (χ0n) is 12.4. The van der Waals surface area contributed by atoms with Crippen molar-refractivity contribution in [3.8, 4) is 6.07 Å². The zero-order valence-corrected chi connectivity index (χ0v) is 13.1. The van der Waals surface area contributed by atoms with E-state index in [0.717, 1.165) is 18.4 Å². The van der Waals surface area contributed by atoms with Gasteiger partial charge in [-0.15, -0.1) is 0 Å². The Balaban J connectivity index is 2.32. The van der Waals surface area contributed by atoms with Crippen molar-refractivity contribution < 1.29 is 5.11 Å². The van der Waals surface area contributed by atoms with Crippen LogP contribution in [0.2, 0.25) is 5.02 Å². The van der Waals surface area contributed by atoms with E-state index >= 15 is 0 Å². The van der Waals surface area contributed by atoms with Crippen LogP contribution < -0.4 is 0 Å². The minimum absolute atomic E-state index is 0.122. The summed E-state index contributed by atoms with van der Waals surface area (Å²) in [4.78, 5) is 0. The standard InChI is InChI=1S/C17H22ClNO/c1-11-5-4-8-17(2,3)15(11)16(20)12-6-7-13(10-19)14(18)9-12/h6-7,9,11,15-16,20H,4-5,8H2,1-3H3/t11-,15+,16?/m0/s1. The Morgan fingerprint density at radius 3 is 2.70 bits per heavy atom. The van der Waals surface area contributed by atoms with Crippen molar-refractivity contribution in [2.75, 3.05) is 0 Å². The minimum atomic E-state index is -0.523. The smallest absolute Gasteiger partial charge is 0.101 e. The fraction of sp³-hybridized carbons (Fsp3) is 0.588. The molecule has 1 saturated carbocycles. The van der Waals surface area contributed by atoms with Crippen molar-refractivity contribution in [2.24, 2.45) is 17.3 Å². The molecule has 108 valence electrons. The van der Waals surface area contributed by atoms with Gasteiger partial charge in [0.2, 0.25) is 0 Å². The van der Waals surface area contributed by atoms with Crippen LogP contribution in [0.5, 0.6) is 0 Å². The molecule has 0 heterocycles. The summed E-state index contributed by atoms with van der Waals surface area (Å²) in [7, 11) is 0. The van der Waals surface area contributed by atoms with E-state index < -0.39 is 6.10 Å². The largest absolute Gasteiger partial charge is 0.388 e. The number of halogens is 1. The highest BCUT2D eigenvalue weighted by Crippen LogP contribution is 2.49. The molecular formula is C17H22ClNO. The molecule has 3 atom stereocenters. The van der Waals surface area contributed by atoms with Gasteiger partial charge in [0.15, 0.2) is 0 Å². The van der Waals surface area contributed by atoms with Gasteiger partial charge in [0.1, 0.15) is 6.07 Å². The molecule has 0 bridgehead atoms. The molecule has 1 aromatic carbocycles. The molecule has 2 rings (SSSR count). The quantitative estimate of drug-likeness (QED) is 0.858. The maximum absolute atomic E-state index is 10.8. The molecule has 1 aliphatic carbocycles. The number of rotatable bonds is 2. The van der Waals surface area contributed by atoms with Crippen LogP contribution in [0.15, 0.2) is 18.2 Å². The normalized spacial score (nSPS) is 26.8. The third kappa shape index (κ3) is 2.85. The number of nitrogens with zero attached hydrogens (tertiary/aromatic N) is 1. The van der Waals surface area contributed by atoms with Gasteiger partial charge in [0.05, 0.1) is 16.7 Å². The van der Waals surface area contributed by atoms with Crippen molar-refractivity contribution in [2.45, 2.75) is 46.1 Å². The van der Waals surface area contributed by atoms with Crippen molar-refractivity contribution in [1.82, 2.24) is 0 Å². The molecule has 0 radical (unpaired) electrons. The van der Waals surface area contributed by atoms with Crippen molar-refractivity contribution in [3.63, 3.8) is 0 Å². The zero-order chi connectivity index (χ0) is 14.9. The van der Waals surface area contributed by atoms with Gasteiger partial charge < -0.3 is 5.11 Å². The van der Waals surface area contributed by atoms with Gasteiger partial charge in [0, 0.05) is 0 Å². The first-order chi connectivity index (χ1) is 9.36. The lowest BCUT2D eigenvalue weighted by atomic mass is 9.61. The van der Waals surface area contributed by atoms with Crippen molar-refractivity contribution in [1.29, 1.82) is 5.26 Å². The summed E-state index contributed by atoms with van der Waals surface area (Å²) in [5, 5.41) is 20.1. The van der Waals surface area contributed by atoms with Crippen LogP contribution >= 0.6 is 11.6 Å². The molecule has 1 N–H and O–H groups in total. The molecule has 0 aliphatic heterocycles. The van der Waals surface area contributed by atoms with E-state index in [2.05, 4.69) is 26.8 Å². The number of aliphatic hydroxyl groups is 1. The summed E-state index contributed by atoms with van der Waals surface area (Å²) in [5.74, 6) is 0.712. The summed E-state index contributed by atoms with van der Waals surface area (Å²) < 4.78 is 0. The molecule has 1 fully saturated rings. The molecule has 20 heavy (non-hydrogen) atoms. The Labute approximate surface area is 126 Å². The Hall–Kier alpha value is -1.04. The van der Waals surface area contributed by atoms with Crippen LogP contribution in [0.4, 0.5) is 0 Å². The monoisotopic (exact) mass is 291 g/mol. The van der Waals surface area contributed by atoms with Gasteiger partial charge >= 0.3 is 0 Å². The van der Waals surface area contributed by atoms with E-state index in [1.54, 1.807) is 12.1 Å². The second-order valence-corrected chi connectivity index (χ2v) is 7.09. The summed E-state index contributed by atoms with van der Waals surface area (Å²) in [6, 6.07) is 7.31. The summed E-state index contributed by atoms with van der Waals surface area (Å²) >= 11 is 6.09.